The van der Waals surface area contributed by atoms with Gasteiger partial charge in [0.25, 0.3) is 0 Å². The highest BCUT2D eigenvalue weighted by molar-refractivity contribution is 6.33. The molecule has 1 saturated heterocycles. The molecule has 2 N–H and O–H groups in total. The van der Waals surface area contributed by atoms with Crippen LogP contribution >= 0.6 is 11.6 Å². The van der Waals surface area contributed by atoms with Crippen molar-refractivity contribution in [2.24, 2.45) is 5.92 Å². The summed E-state index contributed by atoms with van der Waals surface area (Å²) in [5, 5.41) is 20.4. The molecule has 2 aliphatic rings. The van der Waals surface area contributed by atoms with Crippen LogP contribution in [-0.4, -0.2) is 33.9 Å². The average molecular weight is 297 g/mol. The van der Waals surface area contributed by atoms with Crippen LogP contribution < -0.4 is 4.90 Å². The molecule has 110 valence electrons. The van der Waals surface area contributed by atoms with Gasteiger partial charge in [-0.2, -0.15) is 0 Å². The Hall–Kier alpha value is -0.840. The van der Waals surface area contributed by atoms with Gasteiger partial charge in [-0.3, -0.25) is 0 Å². The number of rotatable bonds is 2. The van der Waals surface area contributed by atoms with E-state index in [1.165, 1.54) is 6.42 Å². The summed E-state index contributed by atoms with van der Waals surface area (Å²) >= 11 is 6.27. The normalized spacial score (nSPS) is 30.1. The van der Waals surface area contributed by atoms with Crippen LogP contribution in [0.5, 0.6) is 0 Å². The molecule has 2 heterocycles. The highest BCUT2D eigenvalue weighted by Crippen LogP contribution is 2.41. The molecular formula is C15H21ClN2O2. The molecule has 0 amide bonds. The lowest BCUT2D eigenvalue weighted by Gasteiger charge is -2.47. The Balaban J connectivity index is 1.79. The predicted molar refractivity (Wildman–Crippen MR) is 78.9 cm³/mol. The van der Waals surface area contributed by atoms with Crippen LogP contribution in [0.4, 0.5) is 5.82 Å². The maximum absolute atomic E-state index is 10.7. The largest absolute Gasteiger partial charge is 0.392 e. The van der Waals surface area contributed by atoms with Gasteiger partial charge in [0.15, 0.2) is 0 Å². The number of piperidine rings is 1. The molecule has 3 rings (SSSR count). The van der Waals surface area contributed by atoms with Crippen molar-refractivity contribution in [2.75, 3.05) is 18.0 Å². The van der Waals surface area contributed by atoms with Crippen molar-refractivity contribution in [3.05, 3.63) is 22.8 Å². The summed E-state index contributed by atoms with van der Waals surface area (Å²) in [6.07, 6.45) is 6.80. The Kier molecular flexibility index (Phi) is 3.89. The van der Waals surface area contributed by atoms with Gasteiger partial charge in [-0.05, 0) is 30.9 Å². The van der Waals surface area contributed by atoms with E-state index in [-0.39, 0.29) is 6.61 Å². The van der Waals surface area contributed by atoms with Gasteiger partial charge in [-0.25, -0.2) is 4.98 Å². The monoisotopic (exact) mass is 296 g/mol. The fourth-order valence-electron chi connectivity index (χ4n) is 3.55. The van der Waals surface area contributed by atoms with E-state index in [0.29, 0.717) is 10.9 Å². The Bertz CT molecular complexity index is 497. The van der Waals surface area contributed by atoms with E-state index >= 15 is 0 Å². The SMILES string of the molecule is OCc1cnc(N2CCC3(O)CCCCC3C2)c(Cl)c1. The maximum Gasteiger partial charge on any atom is 0.147 e. The number of pyridine rings is 1. The van der Waals surface area contributed by atoms with E-state index in [1.54, 1.807) is 12.3 Å². The van der Waals surface area contributed by atoms with Crippen LogP contribution in [0.15, 0.2) is 12.3 Å². The van der Waals surface area contributed by atoms with E-state index in [1.807, 2.05) is 0 Å². The first-order valence-corrected chi connectivity index (χ1v) is 7.73. The van der Waals surface area contributed by atoms with Gasteiger partial charge in [0.1, 0.15) is 5.82 Å². The molecule has 1 aliphatic carbocycles. The van der Waals surface area contributed by atoms with Crippen LogP contribution in [0.2, 0.25) is 5.02 Å². The van der Waals surface area contributed by atoms with Crippen molar-refractivity contribution >= 4 is 17.4 Å². The molecule has 0 spiro atoms. The molecule has 1 aliphatic heterocycles. The molecule has 2 fully saturated rings. The highest BCUT2D eigenvalue weighted by atomic mass is 35.5. The van der Waals surface area contributed by atoms with Crippen molar-refractivity contribution in [3.8, 4) is 0 Å². The zero-order chi connectivity index (χ0) is 14.2. The van der Waals surface area contributed by atoms with E-state index in [0.717, 1.165) is 50.2 Å². The second-order valence-electron chi connectivity index (χ2n) is 6.05. The smallest absolute Gasteiger partial charge is 0.147 e. The topological polar surface area (TPSA) is 56.6 Å². The quantitative estimate of drug-likeness (QED) is 0.880. The number of aliphatic hydroxyl groups is 2. The number of halogens is 1. The van der Waals surface area contributed by atoms with Crippen molar-refractivity contribution in [1.29, 1.82) is 0 Å². The van der Waals surface area contributed by atoms with Crippen LogP contribution in [0, 0.1) is 5.92 Å². The van der Waals surface area contributed by atoms with Gasteiger partial charge in [-0.15, -0.1) is 0 Å². The van der Waals surface area contributed by atoms with Gasteiger partial charge >= 0.3 is 0 Å². The van der Waals surface area contributed by atoms with Gasteiger partial charge in [0, 0.05) is 25.2 Å². The van der Waals surface area contributed by atoms with Crippen molar-refractivity contribution in [2.45, 2.75) is 44.3 Å². The zero-order valence-electron chi connectivity index (χ0n) is 11.6. The van der Waals surface area contributed by atoms with Gasteiger partial charge in [0.2, 0.25) is 0 Å². The van der Waals surface area contributed by atoms with E-state index < -0.39 is 5.60 Å². The third-order valence-electron chi connectivity index (χ3n) is 4.79. The Morgan fingerprint density at radius 3 is 3.00 bits per heavy atom. The predicted octanol–water partition coefficient (Wildman–Crippen LogP) is 2.36. The standard InChI is InChI=1S/C15H21ClN2O2/c16-13-7-11(10-19)8-17-14(13)18-6-5-15(20)4-2-1-3-12(15)9-18/h7-8,12,19-20H,1-6,9-10H2. The molecule has 0 bridgehead atoms. The molecular weight excluding hydrogens is 276 g/mol. The van der Waals surface area contributed by atoms with E-state index in [4.69, 9.17) is 16.7 Å². The molecule has 0 aromatic carbocycles. The summed E-state index contributed by atoms with van der Waals surface area (Å²) < 4.78 is 0. The Labute approximate surface area is 124 Å². The third kappa shape index (κ3) is 2.52. The summed E-state index contributed by atoms with van der Waals surface area (Å²) in [6.45, 7) is 1.56. The minimum atomic E-state index is -0.480. The number of anilines is 1. The molecule has 0 radical (unpaired) electrons. The fourth-order valence-corrected chi connectivity index (χ4v) is 3.86. The van der Waals surface area contributed by atoms with Crippen LogP contribution in [0.1, 0.15) is 37.7 Å². The lowest BCUT2D eigenvalue weighted by atomic mass is 9.71. The van der Waals surface area contributed by atoms with Crippen molar-refractivity contribution < 1.29 is 10.2 Å². The average Bonchev–Trinajstić information content (AvgIpc) is 2.46. The van der Waals surface area contributed by atoms with Crippen LogP contribution in [0.25, 0.3) is 0 Å². The molecule has 1 aromatic heterocycles. The lowest BCUT2D eigenvalue weighted by molar-refractivity contribution is -0.0613. The number of hydrogen-bond donors (Lipinski definition) is 2. The van der Waals surface area contributed by atoms with E-state index in [2.05, 4.69) is 9.88 Å². The Morgan fingerprint density at radius 1 is 1.40 bits per heavy atom. The minimum absolute atomic E-state index is 0.0463. The Morgan fingerprint density at radius 2 is 2.25 bits per heavy atom. The third-order valence-corrected chi connectivity index (χ3v) is 5.07. The first-order valence-electron chi connectivity index (χ1n) is 7.35. The summed E-state index contributed by atoms with van der Waals surface area (Å²) in [4.78, 5) is 6.56. The molecule has 4 nitrogen and oxygen atoms in total. The molecule has 2 atom stereocenters. The summed E-state index contributed by atoms with van der Waals surface area (Å²) in [5.74, 6) is 1.09. The highest BCUT2D eigenvalue weighted by Gasteiger charge is 2.43. The molecule has 1 aromatic rings. The van der Waals surface area contributed by atoms with Crippen molar-refractivity contribution in [1.82, 2.24) is 4.98 Å². The van der Waals surface area contributed by atoms with Gasteiger partial charge in [0.05, 0.1) is 17.2 Å². The second-order valence-corrected chi connectivity index (χ2v) is 6.46. The number of hydrogen-bond acceptors (Lipinski definition) is 4. The first kappa shape index (κ1) is 14.1. The van der Waals surface area contributed by atoms with Crippen molar-refractivity contribution in [3.63, 3.8) is 0 Å². The van der Waals surface area contributed by atoms with Gasteiger partial charge < -0.3 is 15.1 Å². The first-order chi connectivity index (χ1) is 9.62. The summed E-state index contributed by atoms with van der Waals surface area (Å²) in [7, 11) is 0. The molecule has 20 heavy (non-hydrogen) atoms. The zero-order valence-corrected chi connectivity index (χ0v) is 12.3. The molecule has 1 saturated carbocycles. The number of aromatic nitrogens is 1. The minimum Gasteiger partial charge on any atom is -0.392 e. The van der Waals surface area contributed by atoms with Crippen LogP contribution in [0.3, 0.4) is 0 Å². The molecule has 2 unspecified atom stereocenters. The maximum atomic E-state index is 10.7. The number of aliphatic hydroxyl groups excluding tert-OH is 1. The lowest BCUT2D eigenvalue weighted by Crippen LogP contribution is -2.53. The summed E-state index contributed by atoms with van der Waals surface area (Å²) in [5.41, 5.74) is 0.247. The number of fused-ring (bicyclic) bond motifs is 1. The second kappa shape index (κ2) is 5.51. The van der Waals surface area contributed by atoms with Gasteiger partial charge in [-0.1, -0.05) is 24.4 Å². The fraction of sp³-hybridized carbons (Fsp3) is 0.667. The van der Waals surface area contributed by atoms with Crippen LogP contribution in [-0.2, 0) is 6.61 Å². The molecule has 5 heteroatoms. The van der Waals surface area contributed by atoms with E-state index in [9.17, 15) is 5.11 Å². The summed E-state index contributed by atoms with van der Waals surface area (Å²) in [6, 6.07) is 1.77. The number of nitrogens with zero attached hydrogens (tertiary/aromatic N) is 2.